The number of nitrogens with zero attached hydrogens (tertiary/aromatic N) is 2. The second-order valence-electron chi connectivity index (χ2n) is 6.36. The van der Waals surface area contributed by atoms with Gasteiger partial charge in [-0.2, -0.15) is 0 Å². The quantitative estimate of drug-likeness (QED) is 0.887. The van der Waals surface area contributed by atoms with E-state index >= 15 is 0 Å². The van der Waals surface area contributed by atoms with Crippen molar-refractivity contribution in [3.05, 3.63) is 59.2 Å². The highest BCUT2D eigenvalue weighted by molar-refractivity contribution is 5.94. The fourth-order valence-corrected chi connectivity index (χ4v) is 3.49. The first-order valence-electron chi connectivity index (χ1n) is 8.37. The second kappa shape index (κ2) is 6.17. The Morgan fingerprint density at radius 2 is 1.71 bits per heavy atom. The maximum atomic E-state index is 12.7. The van der Waals surface area contributed by atoms with Crippen LogP contribution in [0.2, 0.25) is 0 Å². The third-order valence-electron chi connectivity index (χ3n) is 4.87. The van der Waals surface area contributed by atoms with Crippen LogP contribution in [0, 0.1) is 0 Å². The fourth-order valence-electron chi connectivity index (χ4n) is 3.49. The number of carbonyl (C=O) groups excluding carboxylic acids is 1. The molecule has 5 nitrogen and oxygen atoms in total. The minimum Gasteiger partial charge on any atom is -0.506 e. The van der Waals surface area contributed by atoms with Crippen molar-refractivity contribution in [1.29, 1.82) is 0 Å². The number of amides is 1. The van der Waals surface area contributed by atoms with Gasteiger partial charge in [-0.15, -0.1) is 0 Å². The monoisotopic (exact) mass is 323 g/mol. The minimum atomic E-state index is 0.0987. The van der Waals surface area contributed by atoms with Crippen molar-refractivity contribution in [2.24, 2.45) is 0 Å². The average Bonchev–Trinajstić information content (AvgIpc) is 3.09. The van der Waals surface area contributed by atoms with Crippen LogP contribution >= 0.6 is 0 Å². The molecule has 0 atom stereocenters. The molecule has 0 unspecified atom stereocenters. The molecule has 2 N–H and O–H groups in total. The molecule has 2 aromatic rings. The molecule has 2 heterocycles. The number of benzene rings is 2. The van der Waals surface area contributed by atoms with Gasteiger partial charge in [0.2, 0.25) is 0 Å². The maximum absolute atomic E-state index is 12.7. The van der Waals surface area contributed by atoms with E-state index in [1.54, 1.807) is 6.07 Å². The zero-order valence-corrected chi connectivity index (χ0v) is 13.5. The molecule has 2 aromatic carbocycles. The largest absolute Gasteiger partial charge is 0.506 e. The van der Waals surface area contributed by atoms with Gasteiger partial charge in [0.25, 0.3) is 5.91 Å². The van der Waals surface area contributed by atoms with Crippen molar-refractivity contribution >= 4 is 11.6 Å². The third-order valence-corrected chi connectivity index (χ3v) is 4.87. The van der Waals surface area contributed by atoms with E-state index in [0.29, 0.717) is 18.8 Å². The Morgan fingerprint density at radius 3 is 2.50 bits per heavy atom. The molecule has 2 aliphatic rings. The Balaban J connectivity index is 1.44. The standard InChI is InChI=1S/C19H21N3O2/c23-18-4-2-1-3-17(18)21-7-9-22(10-8-21)19(24)14-5-6-15-12-20-13-16(15)11-14/h1-6,11,20,23H,7-10,12-13H2. The van der Waals surface area contributed by atoms with Gasteiger partial charge in [0, 0.05) is 44.8 Å². The number of piperazine rings is 1. The maximum Gasteiger partial charge on any atom is 0.253 e. The summed E-state index contributed by atoms with van der Waals surface area (Å²) in [6.07, 6.45) is 0. The van der Waals surface area contributed by atoms with Crippen molar-refractivity contribution in [1.82, 2.24) is 10.2 Å². The first kappa shape index (κ1) is 15.0. The smallest absolute Gasteiger partial charge is 0.253 e. The van der Waals surface area contributed by atoms with Gasteiger partial charge in [0.1, 0.15) is 5.75 Å². The summed E-state index contributed by atoms with van der Waals surface area (Å²) in [6, 6.07) is 13.4. The number of carbonyl (C=O) groups is 1. The van der Waals surface area contributed by atoms with E-state index in [4.69, 9.17) is 0 Å². The molecule has 24 heavy (non-hydrogen) atoms. The summed E-state index contributed by atoms with van der Waals surface area (Å²) in [4.78, 5) is 16.8. The van der Waals surface area contributed by atoms with Crippen molar-refractivity contribution in [3.63, 3.8) is 0 Å². The van der Waals surface area contributed by atoms with Crippen LogP contribution < -0.4 is 10.2 Å². The van der Waals surface area contributed by atoms with Crippen LogP contribution in [0.4, 0.5) is 5.69 Å². The normalized spacial score (nSPS) is 17.0. The molecule has 0 spiro atoms. The lowest BCUT2D eigenvalue weighted by molar-refractivity contribution is 0.0746. The Kier molecular flexibility index (Phi) is 3.86. The van der Waals surface area contributed by atoms with Gasteiger partial charge >= 0.3 is 0 Å². The topological polar surface area (TPSA) is 55.8 Å². The van der Waals surface area contributed by atoms with Crippen LogP contribution in [0.1, 0.15) is 21.5 Å². The summed E-state index contributed by atoms with van der Waals surface area (Å²) in [5, 5.41) is 13.3. The number of nitrogens with one attached hydrogen (secondary N) is 1. The molecule has 124 valence electrons. The summed E-state index contributed by atoms with van der Waals surface area (Å²) in [5.74, 6) is 0.394. The van der Waals surface area contributed by atoms with Crippen LogP contribution in [0.25, 0.3) is 0 Å². The predicted molar refractivity (Wildman–Crippen MR) is 93.2 cm³/mol. The summed E-state index contributed by atoms with van der Waals surface area (Å²) >= 11 is 0. The lowest BCUT2D eigenvalue weighted by Crippen LogP contribution is -2.48. The molecular formula is C19H21N3O2. The van der Waals surface area contributed by atoms with Crippen molar-refractivity contribution in [2.75, 3.05) is 31.1 Å². The molecule has 2 aliphatic heterocycles. The number of hydrogen-bond acceptors (Lipinski definition) is 4. The summed E-state index contributed by atoms with van der Waals surface area (Å²) in [5.41, 5.74) is 4.13. The van der Waals surface area contributed by atoms with Gasteiger partial charge in [0.05, 0.1) is 5.69 Å². The van der Waals surface area contributed by atoms with Crippen LogP contribution in [-0.4, -0.2) is 42.1 Å². The Hall–Kier alpha value is -2.53. The molecule has 0 radical (unpaired) electrons. The van der Waals surface area contributed by atoms with Gasteiger partial charge in [-0.05, 0) is 35.4 Å². The number of phenols is 1. The number of fused-ring (bicyclic) bond motifs is 1. The van der Waals surface area contributed by atoms with Crippen LogP contribution in [-0.2, 0) is 13.1 Å². The second-order valence-corrected chi connectivity index (χ2v) is 6.36. The molecule has 4 rings (SSSR count). The lowest BCUT2D eigenvalue weighted by atomic mass is 10.1. The van der Waals surface area contributed by atoms with Gasteiger partial charge in [0.15, 0.2) is 0 Å². The molecule has 0 saturated carbocycles. The van der Waals surface area contributed by atoms with Gasteiger partial charge in [-0.3, -0.25) is 4.79 Å². The minimum absolute atomic E-state index is 0.0987. The fraction of sp³-hybridized carbons (Fsp3) is 0.316. The Bertz CT molecular complexity index is 767. The summed E-state index contributed by atoms with van der Waals surface area (Å²) in [7, 11) is 0. The number of anilines is 1. The molecule has 1 saturated heterocycles. The number of hydrogen-bond donors (Lipinski definition) is 2. The van der Waals surface area contributed by atoms with Crippen LogP contribution in [0.5, 0.6) is 5.75 Å². The van der Waals surface area contributed by atoms with E-state index in [0.717, 1.165) is 37.4 Å². The zero-order valence-electron chi connectivity index (χ0n) is 13.5. The number of phenolic OH excluding ortho intramolecular Hbond substituents is 1. The highest BCUT2D eigenvalue weighted by atomic mass is 16.3. The molecule has 0 aliphatic carbocycles. The number of para-hydroxylation sites is 2. The average molecular weight is 323 g/mol. The van der Waals surface area contributed by atoms with Crippen molar-refractivity contribution in [3.8, 4) is 5.75 Å². The van der Waals surface area contributed by atoms with Gasteiger partial charge < -0.3 is 20.2 Å². The molecule has 1 amide bonds. The van der Waals surface area contributed by atoms with E-state index in [1.165, 1.54) is 11.1 Å². The zero-order chi connectivity index (χ0) is 16.5. The lowest BCUT2D eigenvalue weighted by Gasteiger charge is -2.36. The SMILES string of the molecule is O=C(c1ccc2c(c1)CNC2)N1CCN(c2ccccc2O)CC1. The van der Waals surface area contributed by atoms with E-state index in [2.05, 4.69) is 16.3 Å². The Morgan fingerprint density at radius 1 is 0.958 bits per heavy atom. The van der Waals surface area contributed by atoms with Gasteiger partial charge in [-0.1, -0.05) is 18.2 Å². The van der Waals surface area contributed by atoms with Gasteiger partial charge in [-0.25, -0.2) is 0 Å². The molecular weight excluding hydrogens is 302 g/mol. The number of aromatic hydroxyl groups is 1. The first-order chi connectivity index (χ1) is 11.7. The van der Waals surface area contributed by atoms with Crippen LogP contribution in [0.3, 0.4) is 0 Å². The summed E-state index contributed by atoms with van der Waals surface area (Å²) < 4.78 is 0. The summed E-state index contributed by atoms with van der Waals surface area (Å²) in [6.45, 7) is 4.54. The van der Waals surface area contributed by atoms with Crippen molar-refractivity contribution < 1.29 is 9.90 Å². The van der Waals surface area contributed by atoms with E-state index < -0.39 is 0 Å². The molecule has 0 bridgehead atoms. The highest BCUT2D eigenvalue weighted by Crippen LogP contribution is 2.27. The first-order valence-corrected chi connectivity index (χ1v) is 8.37. The highest BCUT2D eigenvalue weighted by Gasteiger charge is 2.24. The van der Waals surface area contributed by atoms with E-state index in [9.17, 15) is 9.90 Å². The van der Waals surface area contributed by atoms with E-state index in [1.807, 2.05) is 35.2 Å². The van der Waals surface area contributed by atoms with Crippen molar-refractivity contribution in [2.45, 2.75) is 13.1 Å². The Labute approximate surface area is 141 Å². The predicted octanol–water partition coefficient (Wildman–Crippen LogP) is 1.96. The molecule has 5 heteroatoms. The van der Waals surface area contributed by atoms with E-state index in [-0.39, 0.29) is 5.91 Å². The third kappa shape index (κ3) is 2.71. The molecule has 1 fully saturated rings. The molecule has 0 aromatic heterocycles. The number of rotatable bonds is 2. The van der Waals surface area contributed by atoms with Crippen LogP contribution in [0.15, 0.2) is 42.5 Å².